The molecule has 84 valence electrons. The van der Waals surface area contributed by atoms with E-state index in [1.54, 1.807) is 11.3 Å². The van der Waals surface area contributed by atoms with Gasteiger partial charge in [0.15, 0.2) is 5.13 Å². The predicted octanol–water partition coefficient (Wildman–Crippen LogP) is 2.05. The molecule has 0 amide bonds. The molecule has 1 atom stereocenters. The molecule has 1 fully saturated rings. The van der Waals surface area contributed by atoms with E-state index in [0.717, 1.165) is 36.8 Å². The largest absolute Gasteiger partial charge is 0.393 e. The molecule has 1 N–H and O–H groups in total. The van der Waals surface area contributed by atoms with Crippen molar-refractivity contribution in [2.24, 2.45) is 5.92 Å². The van der Waals surface area contributed by atoms with E-state index >= 15 is 0 Å². The molecule has 1 aliphatic heterocycles. The summed E-state index contributed by atoms with van der Waals surface area (Å²) in [5.74, 6) is 0.474. The second kappa shape index (κ2) is 4.49. The molecule has 2 heterocycles. The predicted molar refractivity (Wildman–Crippen MR) is 63.5 cm³/mol. The van der Waals surface area contributed by atoms with E-state index in [0.29, 0.717) is 5.92 Å². The molecule has 0 saturated carbocycles. The molecule has 1 aromatic rings. The van der Waals surface area contributed by atoms with Gasteiger partial charge in [-0.15, -0.1) is 11.3 Å². The van der Waals surface area contributed by atoms with Gasteiger partial charge in [-0.05, 0) is 32.6 Å². The van der Waals surface area contributed by atoms with Crippen LogP contribution in [0.25, 0.3) is 0 Å². The van der Waals surface area contributed by atoms with Crippen molar-refractivity contribution in [3.05, 3.63) is 11.1 Å². The van der Waals surface area contributed by atoms with E-state index in [1.165, 1.54) is 0 Å². The van der Waals surface area contributed by atoms with Crippen molar-refractivity contribution in [2.45, 2.75) is 32.8 Å². The Bertz CT molecular complexity index is 316. The minimum atomic E-state index is -0.162. The lowest BCUT2D eigenvalue weighted by Gasteiger charge is -2.33. The van der Waals surface area contributed by atoms with Crippen LogP contribution < -0.4 is 4.90 Å². The number of anilines is 1. The van der Waals surface area contributed by atoms with Crippen LogP contribution in [0.5, 0.6) is 0 Å². The Morgan fingerprint density at radius 3 is 2.67 bits per heavy atom. The number of piperidine rings is 1. The summed E-state index contributed by atoms with van der Waals surface area (Å²) in [6, 6.07) is 0. The van der Waals surface area contributed by atoms with Gasteiger partial charge in [-0.2, -0.15) is 0 Å². The first-order valence-corrected chi connectivity index (χ1v) is 6.40. The molecular weight excluding hydrogens is 208 g/mol. The number of aromatic nitrogens is 1. The highest BCUT2D eigenvalue weighted by molar-refractivity contribution is 7.13. The summed E-state index contributed by atoms with van der Waals surface area (Å²) in [5.41, 5.74) is 1.10. The lowest BCUT2D eigenvalue weighted by atomic mass is 9.92. The van der Waals surface area contributed by atoms with Gasteiger partial charge in [-0.1, -0.05) is 0 Å². The molecule has 1 aromatic heterocycles. The fraction of sp³-hybridized carbons (Fsp3) is 0.727. The first kappa shape index (κ1) is 10.9. The maximum atomic E-state index is 9.51. The van der Waals surface area contributed by atoms with Gasteiger partial charge in [0, 0.05) is 18.5 Å². The van der Waals surface area contributed by atoms with E-state index in [4.69, 9.17) is 0 Å². The third-order valence-corrected chi connectivity index (χ3v) is 4.12. The second-order valence-corrected chi connectivity index (χ2v) is 5.17. The van der Waals surface area contributed by atoms with Crippen molar-refractivity contribution < 1.29 is 5.11 Å². The molecule has 4 heteroatoms. The van der Waals surface area contributed by atoms with Crippen LogP contribution in [-0.4, -0.2) is 29.3 Å². The number of thiazole rings is 1. The molecule has 1 unspecified atom stereocenters. The van der Waals surface area contributed by atoms with Crippen LogP contribution in [0.2, 0.25) is 0 Å². The molecule has 0 radical (unpaired) electrons. The Balaban J connectivity index is 1.93. The van der Waals surface area contributed by atoms with Crippen LogP contribution in [0.4, 0.5) is 5.13 Å². The lowest BCUT2D eigenvalue weighted by molar-refractivity contribution is 0.110. The standard InChI is InChI=1S/C11H18N2OS/c1-8-7-15-11(12-8)13-5-3-10(4-6-13)9(2)14/h7,9-10,14H,3-6H2,1-2H3. The maximum Gasteiger partial charge on any atom is 0.185 e. The van der Waals surface area contributed by atoms with Gasteiger partial charge in [0.25, 0.3) is 0 Å². The Kier molecular flexibility index (Phi) is 3.26. The van der Waals surface area contributed by atoms with Gasteiger partial charge in [-0.25, -0.2) is 4.98 Å². The normalized spacial score (nSPS) is 20.6. The zero-order chi connectivity index (χ0) is 10.8. The SMILES string of the molecule is Cc1csc(N2CCC(C(C)O)CC2)n1. The zero-order valence-corrected chi connectivity index (χ0v) is 10.1. The molecule has 0 spiro atoms. The van der Waals surface area contributed by atoms with Gasteiger partial charge < -0.3 is 10.0 Å². The highest BCUT2D eigenvalue weighted by Gasteiger charge is 2.23. The molecule has 1 saturated heterocycles. The summed E-state index contributed by atoms with van der Waals surface area (Å²) >= 11 is 1.72. The molecule has 0 aromatic carbocycles. The minimum Gasteiger partial charge on any atom is -0.393 e. The van der Waals surface area contributed by atoms with Crippen molar-refractivity contribution in [3.63, 3.8) is 0 Å². The number of nitrogens with zero attached hydrogens (tertiary/aromatic N) is 2. The fourth-order valence-electron chi connectivity index (χ4n) is 2.06. The Morgan fingerprint density at radius 1 is 1.53 bits per heavy atom. The van der Waals surface area contributed by atoms with E-state index in [1.807, 2.05) is 13.8 Å². The third kappa shape index (κ3) is 2.49. The number of hydrogen-bond acceptors (Lipinski definition) is 4. The maximum absolute atomic E-state index is 9.51. The molecule has 2 rings (SSSR count). The summed E-state index contributed by atoms with van der Waals surface area (Å²) in [6.07, 6.45) is 2.00. The number of aliphatic hydroxyl groups excluding tert-OH is 1. The van der Waals surface area contributed by atoms with Crippen LogP contribution in [0.3, 0.4) is 0 Å². The summed E-state index contributed by atoms with van der Waals surface area (Å²) in [6.45, 7) is 5.99. The van der Waals surface area contributed by atoms with Crippen LogP contribution in [0.15, 0.2) is 5.38 Å². The van der Waals surface area contributed by atoms with E-state index in [9.17, 15) is 5.11 Å². The number of rotatable bonds is 2. The summed E-state index contributed by atoms with van der Waals surface area (Å²) in [5, 5.41) is 12.7. The van der Waals surface area contributed by atoms with Crippen LogP contribution in [-0.2, 0) is 0 Å². The molecule has 15 heavy (non-hydrogen) atoms. The summed E-state index contributed by atoms with van der Waals surface area (Å²) < 4.78 is 0. The van der Waals surface area contributed by atoms with Crippen molar-refractivity contribution >= 4 is 16.5 Å². The van der Waals surface area contributed by atoms with Crippen molar-refractivity contribution in [1.82, 2.24) is 4.98 Å². The Hall–Kier alpha value is -0.610. The highest BCUT2D eigenvalue weighted by Crippen LogP contribution is 2.27. The van der Waals surface area contributed by atoms with E-state index in [-0.39, 0.29) is 6.10 Å². The highest BCUT2D eigenvalue weighted by atomic mass is 32.1. The topological polar surface area (TPSA) is 36.4 Å². The average molecular weight is 226 g/mol. The fourth-order valence-corrected chi connectivity index (χ4v) is 2.92. The van der Waals surface area contributed by atoms with Gasteiger partial charge in [0.05, 0.1) is 11.8 Å². The summed E-state index contributed by atoms with van der Waals surface area (Å²) in [7, 11) is 0. The monoisotopic (exact) mass is 226 g/mol. The second-order valence-electron chi connectivity index (χ2n) is 4.34. The Morgan fingerprint density at radius 2 is 2.20 bits per heavy atom. The van der Waals surface area contributed by atoms with Crippen LogP contribution in [0, 0.1) is 12.8 Å². The smallest absolute Gasteiger partial charge is 0.185 e. The van der Waals surface area contributed by atoms with Crippen molar-refractivity contribution in [2.75, 3.05) is 18.0 Å². The third-order valence-electron chi connectivity index (χ3n) is 3.10. The van der Waals surface area contributed by atoms with Crippen molar-refractivity contribution in [1.29, 1.82) is 0 Å². The molecular formula is C11H18N2OS. The Labute approximate surface area is 94.8 Å². The molecule has 3 nitrogen and oxygen atoms in total. The lowest BCUT2D eigenvalue weighted by Crippen LogP contribution is -2.36. The molecule has 0 bridgehead atoms. The van der Waals surface area contributed by atoms with Gasteiger partial charge in [0.2, 0.25) is 0 Å². The van der Waals surface area contributed by atoms with Crippen LogP contribution in [0.1, 0.15) is 25.5 Å². The van der Waals surface area contributed by atoms with Gasteiger partial charge in [-0.3, -0.25) is 0 Å². The number of aryl methyl sites for hydroxylation is 1. The van der Waals surface area contributed by atoms with Crippen LogP contribution >= 0.6 is 11.3 Å². The molecule has 1 aliphatic rings. The first-order valence-electron chi connectivity index (χ1n) is 5.52. The van der Waals surface area contributed by atoms with Gasteiger partial charge in [0.1, 0.15) is 0 Å². The molecule has 0 aliphatic carbocycles. The zero-order valence-electron chi connectivity index (χ0n) is 9.31. The summed E-state index contributed by atoms with van der Waals surface area (Å²) in [4.78, 5) is 6.82. The van der Waals surface area contributed by atoms with Crippen molar-refractivity contribution in [3.8, 4) is 0 Å². The quantitative estimate of drug-likeness (QED) is 0.838. The van der Waals surface area contributed by atoms with E-state index in [2.05, 4.69) is 15.3 Å². The number of hydrogen-bond donors (Lipinski definition) is 1. The number of aliphatic hydroxyl groups is 1. The average Bonchev–Trinajstić information content (AvgIpc) is 2.65. The van der Waals surface area contributed by atoms with Gasteiger partial charge >= 0.3 is 0 Å². The minimum absolute atomic E-state index is 0.162. The first-order chi connectivity index (χ1) is 7.16. The van der Waals surface area contributed by atoms with E-state index < -0.39 is 0 Å².